The van der Waals surface area contributed by atoms with E-state index in [0.29, 0.717) is 0 Å². The average molecular weight is 139 g/mol. The van der Waals surface area contributed by atoms with Crippen molar-refractivity contribution < 1.29 is 4.42 Å². The molecule has 2 nitrogen and oxygen atoms in total. The minimum atomic E-state index is 0.762. The van der Waals surface area contributed by atoms with E-state index in [9.17, 15) is 0 Å². The molecule has 0 aromatic carbocycles. The highest BCUT2D eigenvalue weighted by molar-refractivity contribution is 7.16. The second kappa shape index (κ2) is 1.57. The Kier molecular flexibility index (Phi) is 0.873. The van der Waals surface area contributed by atoms with Crippen molar-refractivity contribution in [2.24, 2.45) is 0 Å². The summed E-state index contributed by atoms with van der Waals surface area (Å²) in [6.45, 7) is 1.92. The minimum Gasteiger partial charge on any atom is -0.442 e. The van der Waals surface area contributed by atoms with E-state index in [1.54, 1.807) is 16.8 Å². The first-order valence-electron chi connectivity index (χ1n) is 2.66. The maximum Gasteiger partial charge on any atom is 0.237 e. The van der Waals surface area contributed by atoms with Gasteiger partial charge in [0.25, 0.3) is 0 Å². The van der Waals surface area contributed by atoms with E-state index in [-0.39, 0.29) is 0 Å². The monoisotopic (exact) mass is 139 g/mol. The number of fused-ring (bicyclic) bond motifs is 1. The Morgan fingerprint density at radius 1 is 1.67 bits per heavy atom. The van der Waals surface area contributed by atoms with Gasteiger partial charge in [0.2, 0.25) is 5.71 Å². The van der Waals surface area contributed by atoms with Gasteiger partial charge in [-0.2, -0.15) is 0 Å². The van der Waals surface area contributed by atoms with Crippen LogP contribution in [0.5, 0.6) is 0 Å². The zero-order valence-electron chi connectivity index (χ0n) is 4.92. The van der Waals surface area contributed by atoms with E-state index < -0.39 is 0 Å². The van der Waals surface area contributed by atoms with Crippen LogP contribution in [0.3, 0.4) is 0 Å². The maximum absolute atomic E-state index is 5.21. The van der Waals surface area contributed by atoms with Crippen LogP contribution < -0.4 is 0 Å². The molecule has 0 aliphatic rings. The molecule has 2 heterocycles. The van der Waals surface area contributed by atoms with Crippen LogP contribution in [0.2, 0.25) is 0 Å². The summed E-state index contributed by atoms with van der Waals surface area (Å²) in [5, 5.41) is 0. The fourth-order valence-corrected chi connectivity index (χ4v) is 1.48. The van der Waals surface area contributed by atoms with Crippen LogP contribution in [-0.4, -0.2) is 4.98 Å². The van der Waals surface area contributed by atoms with E-state index >= 15 is 0 Å². The van der Waals surface area contributed by atoms with Crippen molar-refractivity contribution in [2.75, 3.05) is 0 Å². The number of rotatable bonds is 0. The second-order valence-electron chi connectivity index (χ2n) is 1.88. The van der Waals surface area contributed by atoms with Gasteiger partial charge in [-0.05, 0) is 13.0 Å². The number of hydrogen-bond donors (Lipinski definition) is 0. The quantitative estimate of drug-likeness (QED) is 0.559. The third-order valence-electron chi connectivity index (χ3n) is 1.15. The summed E-state index contributed by atoms with van der Waals surface area (Å²) in [5.74, 6) is 0.935. The summed E-state index contributed by atoms with van der Waals surface area (Å²) in [7, 11) is 0. The van der Waals surface area contributed by atoms with Crippen LogP contribution >= 0.6 is 11.3 Å². The SMILES string of the molecule is Cc1cc2scnc2o1. The van der Waals surface area contributed by atoms with E-state index in [0.717, 1.165) is 16.2 Å². The number of aromatic nitrogens is 1. The Hall–Kier alpha value is -0.830. The smallest absolute Gasteiger partial charge is 0.237 e. The molecule has 0 saturated heterocycles. The molecular weight excluding hydrogens is 134 g/mol. The third-order valence-corrected chi connectivity index (χ3v) is 1.91. The molecule has 0 atom stereocenters. The van der Waals surface area contributed by atoms with E-state index in [2.05, 4.69) is 4.98 Å². The van der Waals surface area contributed by atoms with Crippen LogP contribution in [0.25, 0.3) is 10.4 Å². The fraction of sp³-hybridized carbons (Fsp3) is 0.167. The van der Waals surface area contributed by atoms with Crippen LogP contribution in [0.15, 0.2) is 16.0 Å². The largest absolute Gasteiger partial charge is 0.442 e. The van der Waals surface area contributed by atoms with Gasteiger partial charge < -0.3 is 4.42 Å². The first kappa shape index (κ1) is 4.99. The second-order valence-corrected chi connectivity index (χ2v) is 2.77. The van der Waals surface area contributed by atoms with Crippen LogP contribution in [0.1, 0.15) is 5.76 Å². The highest BCUT2D eigenvalue weighted by Crippen LogP contribution is 2.20. The van der Waals surface area contributed by atoms with Gasteiger partial charge >= 0.3 is 0 Å². The Morgan fingerprint density at radius 2 is 2.56 bits per heavy atom. The molecule has 3 heteroatoms. The number of thiazole rings is 1. The van der Waals surface area contributed by atoms with Crippen LogP contribution in [-0.2, 0) is 0 Å². The van der Waals surface area contributed by atoms with Crippen molar-refractivity contribution in [3.8, 4) is 0 Å². The van der Waals surface area contributed by atoms with Gasteiger partial charge in [-0.1, -0.05) is 0 Å². The Labute approximate surface area is 56.1 Å². The molecule has 0 spiro atoms. The molecule has 0 fully saturated rings. The zero-order valence-corrected chi connectivity index (χ0v) is 5.73. The molecule has 2 aromatic heterocycles. The number of hydrogen-bond acceptors (Lipinski definition) is 3. The van der Waals surface area contributed by atoms with Gasteiger partial charge in [0, 0.05) is 0 Å². The molecule has 2 rings (SSSR count). The van der Waals surface area contributed by atoms with Gasteiger partial charge in [0.15, 0.2) is 0 Å². The lowest BCUT2D eigenvalue weighted by atomic mass is 10.5. The molecule has 0 radical (unpaired) electrons. The van der Waals surface area contributed by atoms with Crippen LogP contribution in [0.4, 0.5) is 0 Å². The molecule has 0 saturated carbocycles. The third kappa shape index (κ3) is 0.650. The van der Waals surface area contributed by atoms with Crippen LogP contribution in [0, 0.1) is 6.92 Å². The van der Waals surface area contributed by atoms with Crippen molar-refractivity contribution in [3.05, 3.63) is 17.3 Å². The van der Waals surface area contributed by atoms with Gasteiger partial charge in [-0.3, -0.25) is 0 Å². The van der Waals surface area contributed by atoms with E-state index in [4.69, 9.17) is 4.42 Å². The van der Waals surface area contributed by atoms with Crippen molar-refractivity contribution in [2.45, 2.75) is 6.92 Å². The number of nitrogens with zero attached hydrogens (tertiary/aromatic N) is 1. The van der Waals surface area contributed by atoms with E-state index in [1.807, 2.05) is 13.0 Å². The predicted octanol–water partition coefficient (Wildman–Crippen LogP) is 2.20. The Morgan fingerprint density at radius 3 is 3.33 bits per heavy atom. The normalized spacial score (nSPS) is 10.8. The van der Waals surface area contributed by atoms with Crippen molar-refractivity contribution >= 4 is 21.8 Å². The number of aryl methyl sites for hydroxylation is 1. The maximum atomic E-state index is 5.21. The van der Waals surface area contributed by atoms with Gasteiger partial charge in [-0.15, -0.1) is 11.3 Å². The van der Waals surface area contributed by atoms with Crippen molar-refractivity contribution in [1.29, 1.82) is 0 Å². The Bertz CT molecular complexity index is 294. The van der Waals surface area contributed by atoms with Crippen molar-refractivity contribution in [1.82, 2.24) is 4.98 Å². The minimum absolute atomic E-state index is 0.762. The first-order chi connectivity index (χ1) is 4.36. The molecular formula is C6H5NOS. The molecule has 2 aromatic rings. The highest BCUT2D eigenvalue weighted by Gasteiger charge is 1.99. The highest BCUT2D eigenvalue weighted by atomic mass is 32.1. The predicted molar refractivity (Wildman–Crippen MR) is 36.6 cm³/mol. The summed E-state index contributed by atoms with van der Waals surface area (Å²) in [6.07, 6.45) is 0. The van der Waals surface area contributed by atoms with Gasteiger partial charge in [0.1, 0.15) is 5.76 Å². The average Bonchev–Trinajstić information content (AvgIpc) is 2.22. The van der Waals surface area contributed by atoms with Gasteiger partial charge in [0.05, 0.1) is 10.2 Å². The lowest BCUT2D eigenvalue weighted by Gasteiger charge is -1.72. The molecule has 0 bridgehead atoms. The summed E-state index contributed by atoms with van der Waals surface area (Å²) >= 11 is 1.60. The molecule has 9 heavy (non-hydrogen) atoms. The lowest BCUT2D eigenvalue weighted by Crippen LogP contribution is -1.54. The zero-order chi connectivity index (χ0) is 6.27. The summed E-state index contributed by atoms with van der Waals surface area (Å²) in [6, 6.07) is 1.99. The number of furan rings is 1. The summed E-state index contributed by atoms with van der Waals surface area (Å²) in [4.78, 5) is 3.99. The molecule has 0 unspecified atom stereocenters. The topological polar surface area (TPSA) is 26.0 Å². The van der Waals surface area contributed by atoms with E-state index in [1.165, 1.54) is 0 Å². The fourth-order valence-electron chi connectivity index (χ4n) is 0.784. The molecule has 46 valence electrons. The first-order valence-corrected chi connectivity index (χ1v) is 3.54. The molecule has 0 aliphatic heterocycles. The standard InChI is InChI=1S/C6H5NOS/c1-4-2-5-6(8-4)7-3-9-5/h2-3H,1H3. The summed E-state index contributed by atoms with van der Waals surface area (Å²) < 4.78 is 6.34. The molecule has 0 amide bonds. The lowest BCUT2D eigenvalue weighted by molar-refractivity contribution is 0.568. The molecule has 0 N–H and O–H groups in total. The van der Waals surface area contributed by atoms with Crippen molar-refractivity contribution in [3.63, 3.8) is 0 Å². The summed E-state index contributed by atoms with van der Waals surface area (Å²) in [5.41, 5.74) is 2.55. The molecule has 0 aliphatic carbocycles. The Balaban J connectivity index is 2.92. The van der Waals surface area contributed by atoms with Gasteiger partial charge in [-0.25, -0.2) is 4.98 Å².